The summed E-state index contributed by atoms with van der Waals surface area (Å²) in [4.78, 5) is 3.95. The molecule has 0 aliphatic carbocycles. The van der Waals surface area contributed by atoms with Crippen molar-refractivity contribution in [3.63, 3.8) is 0 Å². The van der Waals surface area contributed by atoms with Crippen molar-refractivity contribution < 1.29 is 4.42 Å². The zero-order valence-corrected chi connectivity index (χ0v) is 13.5. The molecule has 0 bridgehead atoms. The summed E-state index contributed by atoms with van der Waals surface area (Å²) in [5.41, 5.74) is 6.02. The molecule has 2 heterocycles. The van der Waals surface area contributed by atoms with Crippen molar-refractivity contribution in [1.82, 2.24) is 4.98 Å². The Morgan fingerprint density at radius 2 is 1.95 bits per heavy atom. The van der Waals surface area contributed by atoms with Crippen molar-refractivity contribution in [3.8, 4) is 11.3 Å². The van der Waals surface area contributed by atoms with E-state index in [9.17, 15) is 0 Å². The minimum atomic E-state index is 0.684. The van der Waals surface area contributed by atoms with Gasteiger partial charge in [-0.2, -0.15) is 5.10 Å². The van der Waals surface area contributed by atoms with E-state index in [-0.39, 0.29) is 0 Å². The predicted octanol–water partition coefficient (Wildman–Crippen LogP) is 4.86. The molecule has 0 radical (unpaired) electrons. The highest BCUT2D eigenvalue weighted by molar-refractivity contribution is 9.10. The third-order valence-electron chi connectivity index (χ3n) is 3.08. The first-order valence-electron chi connectivity index (χ1n) is 6.78. The maximum absolute atomic E-state index is 5.80. The zero-order chi connectivity index (χ0) is 15.4. The fraction of sp³-hybridized carbons (Fsp3) is 0.0588. The molecule has 2 aromatic heterocycles. The lowest BCUT2D eigenvalue weighted by molar-refractivity contribution is 0.574. The predicted molar refractivity (Wildman–Crippen MR) is 92.0 cm³/mol. The van der Waals surface area contributed by atoms with Crippen LogP contribution in [-0.4, -0.2) is 11.2 Å². The average molecular weight is 356 g/mol. The van der Waals surface area contributed by atoms with Crippen molar-refractivity contribution in [2.45, 2.75) is 6.92 Å². The van der Waals surface area contributed by atoms with E-state index in [1.807, 2.05) is 30.3 Å². The largest absolute Gasteiger partial charge is 0.455 e. The van der Waals surface area contributed by atoms with E-state index in [0.29, 0.717) is 5.76 Å². The van der Waals surface area contributed by atoms with Gasteiger partial charge >= 0.3 is 0 Å². The van der Waals surface area contributed by atoms with Crippen molar-refractivity contribution >= 4 is 27.8 Å². The van der Waals surface area contributed by atoms with Crippen LogP contribution < -0.4 is 5.43 Å². The van der Waals surface area contributed by atoms with E-state index in [2.05, 4.69) is 50.5 Å². The van der Waals surface area contributed by atoms with Gasteiger partial charge in [-0.3, -0.25) is 10.4 Å². The fourth-order valence-electron chi connectivity index (χ4n) is 1.98. The summed E-state index contributed by atoms with van der Waals surface area (Å²) >= 11 is 3.56. The molecule has 110 valence electrons. The van der Waals surface area contributed by atoms with E-state index in [1.54, 1.807) is 18.6 Å². The fourth-order valence-corrected chi connectivity index (χ4v) is 2.67. The summed E-state index contributed by atoms with van der Waals surface area (Å²) in [5.74, 6) is 1.49. The van der Waals surface area contributed by atoms with Crippen LogP contribution in [0.4, 0.5) is 5.69 Å². The molecule has 4 nitrogen and oxygen atoms in total. The molecule has 1 N–H and O–H groups in total. The normalized spacial score (nSPS) is 11.0. The Morgan fingerprint density at radius 1 is 1.14 bits per heavy atom. The molecule has 0 spiro atoms. The summed E-state index contributed by atoms with van der Waals surface area (Å²) < 4.78 is 6.81. The van der Waals surface area contributed by atoms with Gasteiger partial charge in [-0.15, -0.1) is 0 Å². The summed E-state index contributed by atoms with van der Waals surface area (Å²) in [6, 6.07) is 13.7. The molecule has 1 aromatic carbocycles. The van der Waals surface area contributed by atoms with Crippen LogP contribution >= 0.6 is 15.9 Å². The molecular formula is C17H14BrN3O. The molecule has 0 atom stereocenters. The number of hydrogen-bond acceptors (Lipinski definition) is 4. The Balaban J connectivity index is 1.73. The van der Waals surface area contributed by atoms with Gasteiger partial charge in [0.15, 0.2) is 0 Å². The van der Waals surface area contributed by atoms with Gasteiger partial charge in [-0.1, -0.05) is 22.0 Å². The van der Waals surface area contributed by atoms with Crippen molar-refractivity contribution in [2.75, 3.05) is 5.43 Å². The van der Waals surface area contributed by atoms with Gasteiger partial charge < -0.3 is 4.42 Å². The number of nitrogens with zero attached hydrogens (tertiary/aromatic N) is 2. The van der Waals surface area contributed by atoms with E-state index in [1.165, 1.54) is 5.56 Å². The smallest absolute Gasteiger partial charge is 0.147 e. The van der Waals surface area contributed by atoms with Crippen LogP contribution in [-0.2, 0) is 0 Å². The lowest BCUT2D eigenvalue weighted by Crippen LogP contribution is -1.89. The first kappa shape index (κ1) is 14.5. The number of pyridine rings is 1. The average Bonchev–Trinajstić information content (AvgIpc) is 2.97. The van der Waals surface area contributed by atoms with Crippen molar-refractivity contribution in [1.29, 1.82) is 0 Å². The topological polar surface area (TPSA) is 50.4 Å². The SMILES string of the molecule is Cc1ccc(-c2ccc(/C=N/Nc3ccncc3)o2)c(Br)c1. The van der Waals surface area contributed by atoms with Crippen LogP contribution in [0.5, 0.6) is 0 Å². The number of hydrazone groups is 1. The van der Waals surface area contributed by atoms with E-state index in [4.69, 9.17) is 4.42 Å². The summed E-state index contributed by atoms with van der Waals surface area (Å²) in [7, 11) is 0. The number of hydrogen-bond donors (Lipinski definition) is 1. The maximum atomic E-state index is 5.80. The standard InChI is InChI=1S/C17H14BrN3O/c1-12-2-4-15(16(18)10-12)17-5-3-14(22-17)11-20-21-13-6-8-19-9-7-13/h2-11H,1H3,(H,19,21)/b20-11+. The molecule has 3 aromatic rings. The number of rotatable bonds is 4. The maximum Gasteiger partial charge on any atom is 0.147 e. The van der Waals surface area contributed by atoms with E-state index in [0.717, 1.165) is 21.5 Å². The second-order valence-corrected chi connectivity index (χ2v) is 5.65. The number of benzene rings is 1. The third kappa shape index (κ3) is 3.43. The highest BCUT2D eigenvalue weighted by Gasteiger charge is 2.07. The lowest BCUT2D eigenvalue weighted by atomic mass is 10.1. The molecule has 0 amide bonds. The summed E-state index contributed by atoms with van der Waals surface area (Å²) in [6.45, 7) is 2.06. The molecular weight excluding hydrogens is 342 g/mol. The highest BCUT2D eigenvalue weighted by atomic mass is 79.9. The number of furan rings is 1. The molecule has 0 unspecified atom stereocenters. The van der Waals surface area contributed by atoms with E-state index >= 15 is 0 Å². The molecule has 0 saturated heterocycles. The van der Waals surface area contributed by atoms with Gasteiger partial charge in [0.1, 0.15) is 11.5 Å². The van der Waals surface area contributed by atoms with Gasteiger partial charge in [0, 0.05) is 22.4 Å². The number of aryl methyl sites for hydroxylation is 1. The Bertz CT molecular complexity index is 797. The van der Waals surface area contributed by atoms with Gasteiger partial charge in [0.25, 0.3) is 0 Å². The van der Waals surface area contributed by atoms with Crippen LogP contribution in [0.1, 0.15) is 11.3 Å². The number of anilines is 1. The van der Waals surface area contributed by atoms with Crippen LogP contribution in [0, 0.1) is 6.92 Å². The monoisotopic (exact) mass is 355 g/mol. The van der Waals surface area contributed by atoms with Crippen LogP contribution in [0.3, 0.4) is 0 Å². The molecule has 22 heavy (non-hydrogen) atoms. The summed E-state index contributed by atoms with van der Waals surface area (Å²) in [5, 5.41) is 4.15. The lowest BCUT2D eigenvalue weighted by Gasteiger charge is -2.02. The first-order valence-corrected chi connectivity index (χ1v) is 7.57. The Kier molecular flexibility index (Phi) is 4.34. The quantitative estimate of drug-likeness (QED) is 0.537. The van der Waals surface area contributed by atoms with Crippen LogP contribution in [0.2, 0.25) is 0 Å². The molecule has 0 fully saturated rings. The Morgan fingerprint density at radius 3 is 2.73 bits per heavy atom. The Labute approximate surface area is 137 Å². The van der Waals surface area contributed by atoms with Gasteiger partial charge in [-0.25, -0.2) is 0 Å². The molecule has 0 aliphatic heterocycles. The van der Waals surface area contributed by atoms with Crippen molar-refractivity contribution in [2.24, 2.45) is 5.10 Å². The molecule has 3 rings (SSSR count). The number of nitrogens with one attached hydrogen (secondary N) is 1. The number of aromatic nitrogens is 1. The first-order chi connectivity index (χ1) is 10.7. The van der Waals surface area contributed by atoms with Gasteiger partial charge in [0.05, 0.1) is 11.9 Å². The Hall–Kier alpha value is -2.40. The zero-order valence-electron chi connectivity index (χ0n) is 12.0. The minimum Gasteiger partial charge on any atom is -0.455 e. The highest BCUT2D eigenvalue weighted by Crippen LogP contribution is 2.30. The van der Waals surface area contributed by atoms with Crippen LogP contribution in [0.25, 0.3) is 11.3 Å². The van der Waals surface area contributed by atoms with E-state index < -0.39 is 0 Å². The molecule has 0 aliphatic rings. The minimum absolute atomic E-state index is 0.684. The van der Waals surface area contributed by atoms with Gasteiger partial charge in [0.2, 0.25) is 0 Å². The molecule has 5 heteroatoms. The second-order valence-electron chi connectivity index (χ2n) is 4.79. The number of halogens is 1. The van der Waals surface area contributed by atoms with Gasteiger partial charge in [-0.05, 0) is 48.9 Å². The third-order valence-corrected chi connectivity index (χ3v) is 3.74. The summed E-state index contributed by atoms with van der Waals surface area (Å²) in [6.07, 6.45) is 5.06. The second kappa shape index (κ2) is 6.58. The van der Waals surface area contributed by atoms with Crippen LogP contribution in [0.15, 0.2) is 68.8 Å². The van der Waals surface area contributed by atoms with Crippen molar-refractivity contribution in [3.05, 3.63) is 70.7 Å². The molecule has 0 saturated carbocycles.